The monoisotopic (exact) mass is 217 g/mol. The second-order valence-electron chi connectivity index (χ2n) is 3.79. The number of rotatable bonds is 7. The van der Waals surface area contributed by atoms with E-state index in [1.165, 1.54) is 7.11 Å². The minimum atomic E-state index is -0.457. The lowest BCUT2D eigenvalue weighted by atomic mass is 9.86. The average Bonchev–Trinajstić information content (AvgIpc) is 2.20. The van der Waals surface area contributed by atoms with Gasteiger partial charge >= 0.3 is 5.97 Å². The molecule has 0 aromatic rings. The summed E-state index contributed by atoms with van der Waals surface area (Å²) >= 11 is 0. The molecule has 0 aromatic carbocycles. The van der Waals surface area contributed by atoms with E-state index in [0.29, 0.717) is 19.8 Å². The topological polar surface area (TPSA) is 56.8 Å². The molecule has 0 amide bonds. The van der Waals surface area contributed by atoms with Gasteiger partial charge in [-0.1, -0.05) is 0 Å². The first-order chi connectivity index (χ1) is 7.25. The van der Waals surface area contributed by atoms with Crippen molar-refractivity contribution in [2.45, 2.75) is 6.42 Å². The summed E-state index contributed by atoms with van der Waals surface area (Å²) in [5.41, 5.74) is -0.457. The molecule has 1 fully saturated rings. The van der Waals surface area contributed by atoms with Gasteiger partial charge in [-0.15, -0.1) is 0 Å². The average molecular weight is 217 g/mol. The van der Waals surface area contributed by atoms with E-state index in [9.17, 15) is 4.79 Å². The van der Waals surface area contributed by atoms with Gasteiger partial charge < -0.3 is 19.5 Å². The second kappa shape index (κ2) is 6.05. The van der Waals surface area contributed by atoms with Crippen molar-refractivity contribution in [2.75, 3.05) is 47.1 Å². The van der Waals surface area contributed by atoms with Crippen molar-refractivity contribution in [1.82, 2.24) is 5.32 Å². The molecule has 1 aliphatic heterocycles. The lowest BCUT2D eigenvalue weighted by molar-refractivity contribution is -0.182. The fourth-order valence-corrected chi connectivity index (χ4v) is 1.53. The summed E-state index contributed by atoms with van der Waals surface area (Å²) in [5, 5.41) is 3.22. The van der Waals surface area contributed by atoms with E-state index in [-0.39, 0.29) is 5.97 Å². The molecular formula is C10H19NO4. The van der Waals surface area contributed by atoms with E-state index < -0.39 is 5.41 Å². The molecule has 1 saturated heterocycles. The zero-order chi connectivity index (χ0) is 11.1. The highest BCUT2D eigenvalue weighted by atomic mass is 16.5. The van der Waals surface area contributed by atoms with E-state index in [1.54, 1.807) is 7.11 Å². The number of carbonyl (C=O) groups excluding carboxylic acids is 1. The number of esters is 1. The van der Waals surface area contributed by atoms with Crippen LogP contribution in [0.15, 0.2) is 0 Å². The summed E-state index contributed by atoms with van der Waals surface area (Å²) in [6, 6.07) is 0. The lowest BCUT2D eigenvalue weighted by Gasteiger charge is -2.38. The van der Waals surface area contributed by atoms with Gasteiger partial charge in [-0.2, -0.15) is 0 Å². The normalized spacial score (nSPS) is 18.3. The van der Waals surface area contributed by atoms with Crippen LogP contribution in [0.3, 0.4) is 0 Å². The van der Waals surface area contributed by atoms with Gasteiger partial charge in [0.2, 0.25) is 0 Å². The number of carbonyl (C=O) groups is 1. The summed E-state index contributed by atoms with van der Waals surface area (Å²) in [6.07, 6.45) is 0.939. The number of nitrogens with one attached hydrogen (secondary N) is 1. The Bertz CT molecular complexity index is 204. The molecule has 0 aliphatic carbocycles. The van der Waals surface area contributed by atoms with Crippen LogP contribution in [0, 0.1) is 5.41 Å². The van der Waals surface area contributed by atoms with Gasteiger partial charge in [0.05, 0.1) is 20.3 Å². The zero-order valence-electron chi connectivity index (χ0n) is 9.38. The highest BCUT2D eigenvalue weighted by Gasteiger charge is 2.46. The maximum atomic E-state index is 11.5. The van der Waals surface area contributed by atoms with E-state index in [4.69, 9.17) is 14.2 Å². The third kappa shape index (κ3) is 3.15. The zero-order valence-corrected chi connectivity index (χ0v) is 9.38. The highest BCUT2D eigenvalue weighted by molar-refractivity contribution is 5.78. The standard InChI is InChI=1S/C10H19NO4/c1-13-5-3-4-11-6-10(7-15-8-10)9(12)14-2/h11H,3-8H2,1-2H3. The molecule has 15 heavy (non-hydrogen) atoms. The Morgan fingerprint density at radius 1 is 1.47 bits per heavy atom. The van der Waals surface area contributed by atoms with Crippen molar-refractivity contribution in [1.29, 1.82) is 0 Å². The number of methoxy groups -OCH3 is 2. The number of hydrogen-bond donors (Lipinski definition) is 1. The molecule has 1 heterocycles. The molecule has 5 heteroatoms. The predicted octanol–water partition coefficient (Wildman–Crippen LogP) is -0.198. The van der Waals surface area contributed by atoms with E-state index in [2.05, 4.69) is 5.32 Å². The van der Waals surface area contributed by atoms with Gasteiger partial charge in [-0.25, -0.2) is 0 Å². The summed E-state index contributed by atoms with van der Waals surface area (Å²) in [5.74, 6) is -0.187. The molecule has 5 nitrogen and oxygen atoms in total. The maximum Gasteiger partial charge on any atom is 0.317 e. The summed E-state index contributed by atoms with van der Waals surface area (Å²) < 4.78 is 14.8. The van der Waals surface area contributed by atoms with Gasteiger partial charge in [0.1, 0.15) is 5.41 Å². The Balaban J connectivity index is 2.19. The summed E-state index contributed by atoms with van der Waals surface area (Å²) in [4.78, 5) is 11.5. The van der Waals surface area contributed by atoms with Crippen molar-refractivity contribution in [2.24, 2.45) is 5.41 Å². The van der Waals surface area contributed by atoms with Crippen LogP contribution in [-0.2, 0) is 19.0 Å². The molecule has 0 radical (unpaired) electrons. The van der Waals surface area contributed by atoms with Gasteiger partial charge in [-0.3, -0.25) is 4.79 Å². The van der Waals surface area contributed by atoms with Crippen LogP contribution in [0.1, 0.15) is 6.42 Å². The van der Waals surface area contributed by atoms with E-state index in [1.807, 2.05) is 0 Å². The van der Waals surface area contributed by atoms with Gasteiger partial charge in [0.15, 0.2) is 0 Å². The van der Waals surface area contributed by atoms with Crippen molar-refractivity contribution >= 4 is 5.97 Å². The predicted molar refractivity (Wildman–Crippen MR) is 54.6 cm³/mol. The Hall–Kier alpha value is -0.650. The van der Waals surface area contributed by atoms with Crippen LogP contribution in [0.25, 0.3) is 0 Å². The molecule has 1 N–H and O–H groups in total. The van der Waals surface area contributed by atoms with Crippen molar-refractivity contribution in [3.05, 3.63) is 0 Å². The fraction of sp³-hybridized carbons (Fsp3) is 0.900. The molecule has 0 aromatic heterocycles. The summed E-state index contributed by atoms with van der Waals surface area (Å²) in [6.45, 7) is 3.10. The Morgan fingerprint density at radius 3 is 2.67 bits per heavy atom. The minimum absolute atomic E-state index is 0.187. The van der Waals surface area contributed by atoms with Gasteiger partial charge in [0.25, 0.3) is 0 Å². The molecule has 88 valence electrons. The molecule has 0 unspecified atom stereocenters. The van der Waals surface area contributed by atoms with E-state index >= 15 is 0 Å². The van der Waals surface area contributed by atoms with Crippen molar-refractivity contribution < 1.29 is 19.0 Å². The summed E-state index contributed by atoms with van der Waals surface area (Å²) in [7, 11) is 3.09. The molecule has 0 spiro atoms. The quantitative estimate of drug-likeness (QED) is 0.473. The number of hydrogen-bond acceptors (Lipinski definition) is 5. The molecule has 0 atom stereocenters. The molecule has 0 saturated carbocycles. The lowest BCUT2D eigenvalue weighted by Crippen LogP contribution is -2.55. The van der Waals surface area contributed by atoms with E-state index in [0.717, 1.165) is 19.6 Å². The number of ether oxygens (including phenoxy) is 3. The highest BCUT2D eigenvalue weighted by Crippen LogP contribution is 2.27. The SMILES string of the molecule is COCCCNCC1(C(=O)OC)COC1. The van der Waals surface area contributed by atoms with Crippen LogP contribution in [-0.4, -0.2) is 53.1 Å². The molecular weight excluding hydrogens is 198 g/mol. The van der Waals surface area contributed by atoms with Crippen LogP contribution in [0.4, 0.5) is 0 Å². The first-order valence-electron chi connectivity index (χ1n) is 5.11. The van der Waals surface area contributed by atoms with Gasteiger partial charge in [0, 0.05) is 20.3 Å². The van der Waals surface area contributed by atoms with Crippen LogP contribution >= 0.6 is 0 Å². The Labute approximate surface area is 90.1 Å². The second-order valence-corrected chi connectivity index (χ2v) is 3.79. The Kier molecular flexibility index (Phi) is 5.01. The van der Waals surface area contributed by atoms with Crippen molar-refractivity contribution in [3.8, 4) is 0 Å². The third-order valence-electron chi connectivity index (χ3n) is 2.54. The van der Waals surface area contributed by atoms with Crippen LogP contribution in [0.2, 0.25) is 0 Å². The van der Waals surface area contributed by atoms with Gasteiger partial charge in [-0.05, 0) is 13.0 Å². The largest absolute Gasteiger partial charge is 0.468 e. The van der Waals surface area contributed by atoms with Crippen molar-refractivity contribution in [3.63, 3.8) is 0 Å². The fourth-order valence-electron chi connectivity index (χ4n) is 1.53. The van der Waals surface area contributed by atoms with Crippen LogP contribution in [0.5, 0.6) is 0 Å². The Morgan fingerprint density at radius 2 is 2.20 bits per heavy atom. The smallest absolute Gasteiger partial charge is 0.317 e. The minimum Gasteiger partial charge on any atom is -0.468 e. The first-order valence-corrected chi connectivity index (χ1v) is 5.11. The molecule has 0 bridgehead atoms. The molecule has 1 rings (SSSR count). The first kappa shape index (κ1) is 12.4. The van der Waals surface area contributed by atoms with Crippen LogP contribution < -0.4 is 5.32 Å². The maximum absolute atomic E-state index is 11.5. The third-order valence-corrected chi connectivity index (χ3v) is 2.54. The molecule has 1 aliphatic rings.